The quantitative estimate of drug-likeness (QED) is 0.0778. The van der Waals surface area contributed by atoms with Crippen molar-refractivity contribution in [3.05, 3.63) is 179 Å². The van der Waals surface area contributed by atoms with Gasteiger partial charge in [0.05, 0.1) is 6.04 Å². The van der Waals surface area contributed by atoms with E-state index >= 15 is 0 Å². The second-order valence-corrected chi connectivity index (χ2v) is 51.4. The smallest absolute Gasteiger partial charge is 0.220 e. The molecule has 5 aliphatic heterocycles. The summed E-state index contributed by atoms with van der Waals surface area (Å²) in [6.07, 6.45) is 47.1. The first kappa shape index (κ1) is 88.4. The molecular formula is C116H159N7O5. The van der Waals surface area contributed by atoms with Gasteiger partial charge in [0.15, 0.2) is 0 Å². The highest BCUT2D eigenvalue weighted by molar-refractivity contribution is 5.88. The minimum atomic E-state index is -0.0226. The zero-order valence-corrected chi connectivity index (χ0v) is 79.9. The van der Waals surface area contributed by atoms with Crippen molar-refractivity contribution >= 4 is 29.2 Å². The molecule has 0 aromatic heterocycles. The fourth-order valence-corrected chi connectivity index (χ4v) is 38.1. The molecule has 128 heavy (non-hydrogen) atoms. The standard InChI is InChI=1S/2C24H33NO.C23H32N2O.C23H31NO.C22H30N2O/c1-22-11-19-12-23(15-22,20-6-4-3-5-7-20)17-24(13-19,16-22)21(26)10-18-8-9-25(2)14-18;1-25-9-5-6-18(16-25)11-22(26)24-14-19-10-20(15-24)13-23(12-19,17-24)21-7-3-2-4-8-21;1-25-8-7-20(15-25)24-21(26)14-22-10-17-9-18(11-22)13-23(12-17,16-22)19-5-3-2-4-6-19;1-21-9-18-10-22(14-21,19-6-4-3-5-7-19)16-23(11-18,15-21)20(25)8-17-12-24(2)13-17;1-24-13-19(14-24)23-20(25)12-21-8-16-7-17(9-21)11-22(10-16,15-21)18-5-3-2-4-6-18/h3-7,18-19H,8-17H2,1-2H3;2-4,7-8,18-20H,5-6,9-17H2,1H3;2-6,17-18,20H,7-16H2,1H3,(H,24,26);3-7,17-18H,8-16H2,1-2H3;2-6,16-17,19H,7-15H2,1H3,(H,23,25)/t18-,19?,22?,23?,24?;18-,19?,20?,23?,24?;17?,18?,20-,22?,23?;;/m001../s1. The maximum Gasteiger partial charge on any atom is 0.220 e. The normalized spacial score (nSPS) is 42.3. The number of carbonyl (C=O) groups excluding carboxylic acids is 5. The molecule has 5 aromatic rings. The van der Waals surface area contributed by atoms with Crippen LogP contribution in [0.3, 0.4) is 0 Å². The Bertz CT molecular complexity index is 4790. The number of amides is 2. The maximum absolute atomic E-state index is 13.7. The van der Waals surface area contributed by atoms with Gasteiger partial charge >= 0.3 is 0 Å². The molecule has 2 N–H and O–H groups in total. The Labute approximate surface area is 770 Å². The van der Waals surface area contributed by atoms with Crippen LogP contribution in [0.1, 0.15) is 292 Å². The molecule has 688 valence electrons. The van der Waals surface area contributed by atoms with Crippen LogP contribution in [-0.4, -0.2) is 166 Å². The molecule has 12 nitrogen and oxygen atoms in total. The molecule has 25 fully saturated rings. The molecule has 30 rings (SSSR count). The van der Waals surface area contributed by atoms with E-state index in [1.54, 1.807) is 0 Å². The summed E-state index contributed by atoms with van der Waals surface area (Å²) in [6, 6.07) is 56.7. The first-order valence-corrected chi connectivity index (χ1v) is 52.4. The van der Waals surface area contributed by atoms with Crippen molar-refractivity contribution in [2.24, 2.45) is 103 Å². The fourth-order valence-electron chi connectivity index (χ4n) is 38.1. The summed E-state index contributed by atoms with van der Waals surface area (Å²) < 4.78 is 0. The molecule has 25 aliphatic rings. The van der Waals surface area contributed by atoms with Crippen LogP contribution in [0.25, 0.3) is 0 Å². The van der Waals surface area contributed by atoms with Crippen molar-refractivity contribution in [3.63, 3.8) is 0 Å². The summed E-state index contributed by atoms with van der Waals surface area (Å²) >= 11 is 0. The first-order valence-electron chi connectivity index (χ1n) is 52.4. The average molecular weight is 1730 g/mol. The highest BCUT2D eigenvalue weighted by Crippen LogP contribution is 2.75. The molecule has 17 atom stereocenters. The number of nitrogens with one attached hydrogen (secondary N) is 2. The summed E-state index contributed by atoms with van der Waals surface area (Å²) in [5, 5.41) is 6.65. The minimum absolute atomic E-state index is 0.00986. The van der Waals surface area contributed by atoms with Gasteiger partial charge in [-0.3, -0.25) is 24.0 Å². The largest absolute Gasteiger partial charge is 0.352 e. The molecule has 0 spiro atoms. The van der Waals surface area contributed by atoms with Crippen LogP contribution >= 0.6 is 0 Å². The highest BCUT2D eigenvalue weighted by Gasteiger charge is 2.68. The lowest BCUT2D eigenvalue weighted by molar-refractivity contribution is -0.159. The molecule has 5 saturated heterocycles. The van der Waals surface area contributed by atoms with E-state index in [-0.39, 0.29) is 37.9 Å². The number of rotatable bonds is 20. The van der Waals surface area contributed by atoms with Gasteiger partial charge < -0.3 is 35.1 Å². The van der Waals surface area contributed by atoms with Gasteiger partial charge in [-0.25, -0.2) is 0 Å². The van der Waals surface area contributed by atoms with E-state index in [9.17, 15) is 24.0 Å². The lowest BCUT2D eigenvalue weighted by atomic mass is 9.38. The first-order chi connectivity index (χ1) is 61.5. The molecule has 0 radical (unpaired) electrons. The monoisotopic (exact) mass is 1730 g/mol. The van der Waals surface area contributed by atoms with E-state index in [2.05, 4.69) is 236 Å². The van der Waals surface area contributed by atoms with Crippen LogP contribution in [0.4, 0.5) is 0 Å². The summed E-state index contributed by atoms with van der Waals surface area (Å²) in [6.45, 7) is 16.0. The Morgan fingerprint density at radius 2 is 0.602 bits per heavy atom. The zero-order chi connectivity index (χ0) is 87.9. The van der Waals surface area contributed by atoms with E-state index in [1.807, 2.05) is 0 Å². The lowest BCUT2D eigenvalue weighted by Gasteiger charge is -2.66. The number of benzene rings is 5. The van der Waals surface area contributed by atoms with Crippen molar-refractivity contribution in [2.75, 3.05) is 101 Å². The molecule has 5 heterocycles. The number of nitrogens with zero attached hydrogens (tertiary/aromatic N) is 5. The SMILES string of the molecule is CN1CC(CC(=O)C23CC4CC(C)(C2)CC(c2ccccc2)(C4)C3)C1.CN1CC(NC(=O)CC23CC4CC(C2)CC(c2ccccc2)(C4)C3)C1.CN1CCC[C@@H](CC(=O)C23CC4CC(C2)CC(c2ccccc2)(C4)C3)C1.CN1CC[C@@H](CC(=O)C23CC4CC(C)(C2)CC(c2ccccc2)(C4)C3)C1.CN1CC[C@@H](NC(=O)CC23CC4CC(C2)CC(c2ccccc2)(C4)C3)C1. The van der Waals surface area contributed by atoms with Gasteiger partial charge in [-0.1, -0.05) is 166 Å². The summed E-state index contributed by atoms with van der Waals surface area (Å²) in [5.41, 5.74) is 10.4. The minimum Gasteiger partial charge on any atom is -0.352 e. The molecule has 2 amide bonds. The topological polar surface area (TPSA) is 126 Å². The van der Waals surface area contributed by atoms with Crippen LogP contribution in [0.5, 0.6) is 0 Å². The average Bonchev–Trinajstić information content (AvgIpc) is 0.710. The van der Waals surface area contributed by atoms with E-state index in [0.717, 1.165) is 170 Å². The summed E-state index contributed by atoms with van der Waals surface area (Å²) in [7, 11) is 10.8. The molecule has 5 aromatic carbocycles. The fraction of sp³-hybridized carbons (Fsp3) is 0.698. The van der Waals surface area contributed by atoms with Crippen molar-refractivity contribution in [2.45, 2.75) is 303 Å². The van der Waals surface area contributed by atoms with Gasteiger partial charge in [-0.05, 0) is 415 Å². The number of Topliss-reactive ketones (excluding diaryl/α,β-unsaturated/α-hetero) is 3. The Balaban J connectivity index is 0.0000000972. The number of likely N-dealkylation sites (tertiary alicyclic amines) is 5. The zero-order valence-electron chi connectivity index (χ0n) is 79.9. The van der Waals surface area contributed by atoms with E-state index in [1.165, 1.54) is 221 Å². The Kier molecular flexibility index (Phi) is 23.5. The molecule has 20 aliphatic carbocycles. The predicted molar refractivity (Wildman–Crippen MR) is 514 cm³/mol. The van der Waals surface area contributed by atoms with Gasteiger partial charge in [0.1, 0.15) is 17.3 Å². The van der Waals surface area contributed by atoms with E-state index in [4.69, 9.17) is 0 Å². The van der Waals surface area contributed by atoms with Gasteiger partial charge in [0.25, 0.3) is 0 Å². The number of carbonyl (C=O) groups is 5. The van der Waals surface area contributed by atoms with Crippen LogP contribution in [0.15, 0.2) is 152 Å². The maximum atomic E-state index is 13.7. The number of hydrogen-bond acceptors (Lipinski definition) is 10. The third kappa shape index (κ3) is 17.4. The highest BCUT2D eigenvalue weighted by atomic mass is 16.2. The van der Waals surface area contributed by atoms with E-state index < -0.39 is 0 Å². The molecular weight excluding hydrogens is 1570 g/mol. The van der Waals surface area contributed by atoms with Crippen molar-refractivity contribution in [3.8, 4) is 0 Å². The number of likely N-dealkylation sites (N-methyl/N-ethyl adjacent to an activating group) is 2. The van der Waals surface area contributed by atoms with Gasteiger partial charge in [0, 0.05) is 100 Å². The lowest BCUT2D eigenvalue weighted by Crippen LogP contribution is -2.60. The second-order valence-electron chi connectivity index (χ2n) is 51.4. The third-order valence-electron chi connectivity index (χ3n) is 39.9. The van der Waals surface area contributed by atoms with Crippen molar-refractivity contribution < 1.29 is 24.0 Å². The van der Waals surface area contributed by atoms with Crippen LogP contribution in [0.2, 0.25) is 0 Å². The number of hydrogen-bond donors (Lipinski definition) is 2. The number of ketones is 3. The van der Waals surface area contributed by atoms with Crippen molar-refractivity contribution in [1.29, 1.82) is 0 Å². The second kappa shape index (κ2) is 34.0. The molecule has 20 bridgehead atoms. The molecule has 12 heteroatoms. The van der Waals surface area contributed by atoms with Gasteiger partial charge in [-0.2, -0.15) is 0 Å². The molecule has 20 saturated carbocycles. The summed E-state index contributed by atoms with van der Waals surface area (Å²) in [5.74, 6) is 10.7. The van der Waals surface area contributed by atoms with Gasteiger partial charge in [0.2, 0.25) is 11.8 Å². The van der Waals surface area contributed by atoms with Crippen LogP contribution in [0, 0.1) is 103 Å². The Hall–Kier alpha value is -6.15. The summed E-state index contributed by atoms with van der Waals surface area (Å²) in [4.78, 5) is 78.2. The Morgan fingerprint density at radius 3 is 0.984 bits per heavy atom. The van der Waals surface area contributed by atoms with Gasteiger partial charge in [-0.15, -0.1) is 0 Å². The molecule has 14 unspecified atom stereocenters. The third-order valence-corrected chi connectivity index (χ3v) is 39.9. The predicted octanol–water partition coefficient (Wildman–Crippen LogP) is 21.2. The van der Waals surface area contributed by atoms with Crippen LogP contribution < -0.4 is 10.6 Å². The van der Waals surface area contributed by atoms with Crippen molar-refractivity contribution in [1.82, 2.24) is 35.1 Å². The Morgan fingerprint density at radius 1 is 0.289 bits per heavy atom. The van der Waals surface area contributed by atoms with E-state index in [0.29, 0.717) is 86.1 Å². The number of piperidine rings is 1. The van der Waals surface area contributed by atoms with Crippen LogP contribution in [-0.2, 0) is 51.0 Å².